The molecule has 0 bridgehead atoms. The predicted molar refractivity (Wildman–Crippen MR) is 78.5 cm³/mol. The minimum atomic E-state index is 0.169. The van der Waals surface area contributed by atoms with Crippen molar-refractivity contribution in [3.63, 3.8) is 0 Å². The molecule has 0 aliphatic heterocycles. The van der Waals surface area contributed by atoms with Gasteiger partial charge in [0.15, 0.2) is 0 Å². The largest absolute Gasteiger partial charge is 0.324 e. The van der Waals surface area contributed by atoms with E-state index in [4.69, 9.17) is 5.73 Å². The summed E-state index contributed by atoms with van der Waals surface area (Å²) in [6.45, 7) is 4.27. The maximum absolute atomic E-state index is 6.11. The Bertz CT molecular complexity index is 482. The first-order valence-corrected chi connectivity index (χ1v) is 6.63. The molecule has 1 unspecified atom stereocenters. The summed E-state index contributed by atoms with van der Waals surface area (Å²) in [7, 11) is 0. The van der Waals surface area contributed by atoms with Gasteiger partial charge in [0.05, 0.1) is 0 Å². The topological polar surface area (TPSA) is 26.0 Å². The van der Waals surface area contributed by atoms with Crippen molar-refractivity contribution in [3.05, 3.63) is 59.7 Å². The third kappa shape index (κ3) is 2.99. The number of nitrogens with two attached hydrogens (primary N) is 1. The Morgan fingerprint density at radius 3 is 1.89 bits per heavy atom. The molecule has 2 aromatic rings. The SMILES string of the molecule is CCCC(N)c1ccc(-c2ccc(C)cc2)cc1. The molecule has 1 nitrogen and oxygen atoms in total. The lowest BCUT2D eigenvalue weighted by molar-refractivity contribution is 0.638. The van der Waals surface area contributed by atoms with Crippen LogP contribution in [0.4, 0.5) is 0 Å². The molecule has 1 heteroatoms. The summed E-state index contributed by atoms with van der Waals surface area (Å²) in [5.41, 5.74) is 11.1. The van der Waals surface area contributed by atoms with Crippen molar-refractivity contribution >= 4 is 0 Å². The molecule has 94 valence electrons. The van der Waals surface area contributed by atoms with Crippen molar-refractivity contribution in [3.8, 4) is 11.1 Å². The van der Waals surface area contributed by atoms with Crippen LogP contribution in [0, 0.1) is 6.92 Å². The van der Waals surface area contributed by atoms with E-state index in [1.807, 2.05) is 0 Å². The van der Waals surface area contributed by atoms with E-state index in [0.29, 0.717) is 0 Å². The molecule has 0 aliphatic carbocycles. The molecule has 0 fully saturated rings. The van der Waals surface area contributed by atoms with E-state index in [9.17, 15) is 0 Å². The van der Waals surface area contributed by atoms with Crippen molar-refractivity contribution in [1.29, 1.82) is 0 Å². The van der Waals surface area contributed by atoms with Crippen molar-refractivity contribution in [2.24, 2.45) is 5.73 Å². The van der Waals surface area contributed by atoms with Crippen LogP contribution >= 0.6 is 0 Å². The molecule has 0 heterocycles. The molecule has 0 spiro atoms. The molecule has 1 atom stereocenters. The highest BCUT2D eigenvalue weighted by Gasteiger charge is 2.04. The van der Waals surface area contributed by atoms with Crippen LogP contribution in [0.5, 0.6) is 0 Å². The Hall–Kier alpha value is -1.60. The second kappa shape index (κ2) is 5.83. The Morgan fingerprint density at radius 1 is 0.889 bits per heavy atom. The molecule has 2 aromatic carbocycles. The second-order valence-corrected chi connectivity index (χ2v) is 4.88. The third-order valence-corrected chi connectivity index (χ3v) is 3.32. The molecule has 2 rings (SSSR count). The summed E-state index contributed by atoms with van der Waals surface area (Å²) in [4.78, 5) is 0. The lowest BCUT2D eigenvalue weighted by Crippen LogP contribution is -2.09. The van der Waals surface area contributed by atoms with Gasteiger partial charge < -0.3 is 5.73 Å². The predicted octanol–water partition coefficient (Wildman–Crippen LogP) is 4.46. The Kier molecular flexibility index (Phi) is 4.16. The first kappa shape index (κ1) is 12.8. The van der Waals surface area contributed by atoms with Gasteiger partial charge in [0, 0.05) is 6.04 Å². The summed E-state index contributed by atoms with van der Waals surface area (Å²) in [6, 6.07) is 17.4. The molecule has 0 aliphatic rings. The lowest BCUT2D eigenvalue weighted by Gasteiger charge is -2.11. The van der Waals surface area contributed by atoms with Crippen molar-refractivity contribution in [1.82, 2.24) is 0 Å². The van der Waals surface area contributed by atoms with Crippen molar-refractivity contribution < 1.29 is 0 Å². The van der Waals surface area contributed by atoms with Crippen LogP contribution < -0.4 is 5.73 Å². The molecule has 0 radical (unpaired) electrons. The van der Waals surface area contributed by atoms with E-state index in [0.717, 1.165) is 12.8 Å². The van der Waals surface area contributed by atoms with Gasteiger partial charge in [0.2, 0.25) is 0 Å². The van der Waals surface area contributed by atoms with Gasteiger partial charge in [-0.15, -0.1) is 0 Å². The fourth-order valence-electron chi connectivity index (χ4n) is 2.15. The van der Waals surface area contributed by atoms with Gasteiger partial charge in [-0.05, 0) is 30.0 Å². The molecule has 2 N–H and O–H groups in total. The van der Waals surface area contributed by atoms with Crippen molar-refractivity contribution in [2.75, 3.05) is 0 Å². The van der Waals surface area contributed by atoms with E-state index in [2.05, 4.69) is 62.4 Å². The van der Waals surface area contributed by atoms with Crippen LogP contribution in [-0.2, 0) is 0 Å². The normalized spacial score (nSPS) is 12.4. The summed E-state index contributed by atoms with van der Waals surface area (Å²) in [6.07, 6.45) is 2.17. The maximum atomic E-state index is 6.11. The first-order chi connectivity index (χ1) is 8.70. The first-order valence-electron chi connectivity index (χ1n) is 6.63. The van der Waals surface area contributed by atoms with Gasteiger partial charge in [0.1, 0.15) is 0 Å². The highest BCUT2D eigenvalue weighted by molar-refractivity contribution is 5.64. The van der Waals surface area contributed by atoms with Gasteiger partial charge in [-0.25, -0.2) is 0 Å². The van der Waals surface area contributed by atoms with E-state index in [1.165, 1.54) is 22.3 Å². The fraction of sp³-hybridized carbons (Fsp3) is 0.294. The van der Waals surface area contributed by atoms with Gasteiger partial charge in [-0.1, -0.05) is 67.4 Å². The molecular formula is C17H21N. The van der Waals surface area contributed by atoms with Gasteiger partial charge in [-0.3, -0.25) is 0 Å². The van der Waals surface area contributed by atoms with Gasteiger partial charge >= 0.3 is 0 Å². The summed E-state index contributed by atoms with van der Waals surface area (Å²) < 4.78 is 0. The average Bonchev–Trinajstić information content (AvgIpc) is 2.40. The summed E-state index contributed by atoms with van der Waals surface area (Å²) in [5.74, 6) is 0. The quantitative estimate of drug-likeness (QED) is 0.837. The van der Waals surface area contributed by atoms with Crippen LogP contribution in [-0.4, -0.2) is 0 Å². The van der Waals surface area contributed by atoms with Gasteiger partial charge in [0.25, 0.3) is 0 Å². The van der Waals surface area contributed by atoms with E-state index >= 15 is 0 Å². The number of hydrogen-bond donors (Lipinski definition) is 1. The molecular weight excluding hydrogens is 218 g/mol. The second-order valence-electron chi connectivity index (χ2n) is 4.88. The number of rotatable bonds is 4. The van der Waals surface area contributed by atoms with E-state index < -0.39 is 0 Å². The molecule has 0 saturated heterocycles. The Morgan fingerprint density at radius 2 is 1.39 bits per heavy atom. The molecule has 0 aromatic heterocycles. The average molecular weight is 239 g/mol. The van der Waals surface area contributed by atoms with Crippen LogP contribution in [0.2, 0.25) is 0 Å². The van der Waals surface area contributed by atoms with E-state index in [1.54, 1.807) is 0 Å². The zero-order chi connectivity index (χ0) is 13.0. The summed E-state index contributed by atoms with van der Waals surface area (Å²) in [5, 5.41) is 0. The highest BCUT2D eigenvalue weighted by atomic mass is 14.6. The lowest BCUT2D eigenvalue weighted by atomic mass is 9.98. The molecule has 0 saturated carbocycles. The number of hydrogen-bond acceptors (Lipinski definition) is 1. The van der Waals surface area contributed by atoms with E-state index in [-0.39, 0.29) is 6.04 Å². The van der Waals surface area contributed by atoms with Crippen LogP contribution in [0.25, 0.3) is 11.1 Å². The monoisotopic (exact) mass is 239 g/mol. The van der Waals surface area contributed by atoms with Crippen LogP contribution in [0.1, 0.15) is 36.9 Å². The van der Waals surface area contributed by atoms with Crippen LogP contribution in [0.15, 0.2) is 48.5 Å². The zero-order valence-corrected chi connectivity index (χ0v) is 11.2. The highest BCUT2D eigenvalue weighted by Crippen LogP contribution is 2.23. The number of aryl methyl sites for hydroxylation is 1. The molecule has 18 heavy (non-hydrogen) atoms. The summed E-state index contributed by atoms with van der Waals surface area (Å²) >= 11 is 0. The number of benzene rings is 2. The minimum Gasteiger partial charge on any atom is -0.324 e. The zero-order valence-electron chi connectivity index (χ0n) is 11.2. The molecule has 0 amide bonds. The van der Waals surface area contributed by atoms with Gasteiger partial charge in [-0.2, -0.15) is 0 Å². The third-order valence-electron chi connectivity index (χ3n) is 3.32. The fourth-order valence-corrected chi connectivity index (χ4v) is 2.15. The smallest absolute Gasteiger partial charge is 0.0294 e. The maximum Gasteiger partial charge on any atom is 0.0294 e. The minimum absolute atomic E-state index is 0.169. The van der Waals surface area contributed by atoms with Crippen LogP contribution in [0.3, 0.4) is 0 Å². The standard InChI is InChI=1S/C17H21N/c1-3-4-17(18)16-11-9-15(10-12-16)14-7-5-13(2)6-8-14/h5-12,17H,3-4,18H2,1-2H3. The Balaban J connectivity index is 2.19. The van der Waals surface area contributed by atoms with Crippen molar-refractivity contribution in [2.45, 2.75) is 32.7 Å². The Labute approximate surface area is 110 Å².